The lowest BCUT2D eigenvalue weighted by molar-refractivity contribution is 0.0331. The number of ether oxygens (including phenoxy) is 2. The molecule has 88 valence electrons. The van der Waals surface area contributed by atoms with Crippen molar-refractivity contribution < 1.29 is 9.47 Å². The maximum absolute atomic E-state index is 6.14. The fourth-order valence-corrected chi connectivity index (χ4v) is 2.58. The van der Waals surface area contributed by atoms with Crippen molar-refractivity contribution in [1.29, 1.82) is 0 Å². The molecule has 0 aromatic rings. The minimum absolute atomic E-state index is 0.208. The summed E-state index contributed by atoms with van der Waals surface area (Å²) < 4.78 is 11.4. The highest BCUT2D eigenvalue weighted by atomic mass is 16.5. The van der Waals surface area contributed by atoms with Gasteiger partial charge in [-0.2, -0.15) is 0 Å². The molecule has 3 nitrogen and oxygen atoms in total. The molecule has 0 aromatic heterocycles. The van der Waals surface area contributed by atoms with E-state index >= 15 is 0 Å². The molecule has 0 radical (unpaired) electrons. The molecule has 2 saturated heterocycles. The van der Waals surface area contributed by atoms with Crippen LogP contribution in [0.3, 0.4) is 0 Å². The van der Waals surface area contributed by atoms with Crippen LogP contribution in [0.1, 0.15) is 45.4 Å². The quantitative estimate of drug-likeness (QED) is 0.775. The Labute approximate surface area is 92.3 Å². The molecule has 4 unspecified atom stereocenters. The highest BCUT2D eigenvalue weighted by molar-refractivity contribution is 4.81. The lowest BCUT2D eigenvalue weighted by Crippen LogP contribution is -2.35. The molecule has 3 heteroatoms. The van der Waals surface area contributed by atoms with E-state index in [1.165, 1.54) is 12.8 Å². The van der Waals surface area contributed by atoms with Crippen LogP contribution < -0.4 is 5.73 Å². The average molecular weight is 213 g/mol. The second-order valence-corrected chi connectivity index (χ2v) is 4.94. The molecular formula is C12H23NO2. The van der Waals surface area contributed by atoms with Crippen LogP contribution in [0.25, 0.3) is 0 Å². The molecular weight excluding hydrogens is 190 g/mol. The van der Waals surface area contributed by atoms with Crippen LogP contribution in [0.15, 0.2) is 0 Å². The van der Waals surface area contributed by atoms with E-state index < -0.39 is 0 Å². The molecule has 2 rings (SSSR count). The van der Waals surface area contributed by atoms with Gasteiger partial charge in [-0.3, -0.25) is 0 Å². The van der Waals surface area contributed by atoms with Gasteiger partial charge in [0.05, 0.1) is 18.3 Å². The Morgan fingerprint density at radius 2 is 2.20 bits per heavy atom. The lowest BCUT2D eigenvalue weighted by Gasteiger charge is -2.20. The number of hydrogen-bond donors (Lipinski definition) is 1. The largest absolute Gasteiger partial charge is 0.378 e. The Bertz CT molecular complexity index is 192. The van der Waals surface area contributed by atoms with E-state index in [0.717, 1.165) is 32.3 Å². The first kappa shape index (κ1) is 11.4. The first-order valence-electron chi connectivity index (χ1n) is 6.28. The van der Waals surface area contributed by atoms with Gasteiger partial charge in [0.15, 0.2) is 0 Å². The van der Waals surface area contributed by atoms with E-state index in [1.807, 2.05) is 0 Å². The third kappa shape index (κ3) is 3.16. The summed E-state index contributed by atoms with van der Waals surface area (Å²) in [5, 5.41) is 0. The van der Waals surface area contributed by atoms with Gasteiger partial charge < -0.3 is 15.2 Å². The summed E-state index contributed by atoms with van der Waals surface area (Å²) in [5.74, 6) is 0. The zero-order valence-corrected chi connectivity index (χ0v) is 9.65. The molecule has 2 aliphatic rings. The van der Waals surface area contributed by atoms with E-state index in [1.54, 1.807) is 0 Å². The van der Waals surface area contributed by atoms with Crippen LogP contribution >= 0.6 is 0 Å². The van der Waals surface area contributed by atoms with Crippen LogP contribution in [-0.4, -0.2) is 31.0 Å². The van der Waals surface area contributed by atoms with Gasteiger partial charge in [-0.15, -0.1) is 0 Å². The smallest absolute Gasteiger partial charge is 0.0730 e. The number of rotatable bonds is 4. The summed E-state index contributed by atoms with van der Waals surface area (Å²) in [6, 6.07) is 0.208. The minimum atomic E-state index is 0.208. The lowest BCUT2D eigenvalue weighted by atomic mass is 10.0. The topological polar surface area (TPSA) is 44.5 Å². The van der Waals surface area contributed by atoms with E-state index in [2.05, 4.69) is 6.92 Å². The van der Waals surface area contributed by atoms with Gasteiger partial charge in [0.1, 0.15) is 0 Å². The standard InChI is InChI=1S/C12H23NO2/c1-9-4-7-12(15-9)11(13)6-5-10-3-2-8-14-10/h9-12H,2-8,13H2,1H3. The Kier molecular flexibility index (Phi) is 4.00. The van der Waals surface area contributed by atoms with Crippen molar-refractivity contribution in [3.05, 3.63) is 0 Å². The van der Waals surface area contributed by atoms with Crippen LogP contribution in [0.4, 0.5) is 0 Å². The summed E-state index contributed by atoms with van der Waals surface area (Å²) in [6.45, 7) is 3.07. The molecule has 2 aliphatic heterocycles. The van der Waals surface area contributed by atoms with Crippen LogP contribution in [0.5, 0.6) is 0 Å². The van der Waals surface area contributed by atoms with Gasteiger partial charge in [-0.1, -0.05) is 0 Å². The summed E-state index contributed by atoms with van der Waals surface area (Å²) in [4.78, 5) is 0. The van der Waals surface area contributed by atoms with Gasteiger partial charge in [-0.05, 0) is 45.4 Å². The first-order chi connectivity index (χ1) is 7.25. The molecule has 4 atom stereocenters. The highest BCUT2D eigenvalue weighted by Gasteiger charge is 2.28. The van der Waals surface area contributed by atoms with Gasteiger partial charge in [-0.25, -0.2) is 0 Å². The monoisotopic (exact) mass is 213 g/mol. The zero-order valence-electron chi connectivity index (χ0n) is 9.65. The van der Waals surface area contributed by atoms with Gasteiger partial charge in [0.25, 0.3) is 0 Å². The van der Waals surface area contributed by atoms with Gasteiger partial charge >= 0.3 is 0 Å². The molecule has 0 spiro atoms. The molecule has 0 bridgehead atoms. The maximum atomic E-state index is 6.14. The fourth-order valence-electron chi connectivity index (χ4n) is 2.58. The maximum Gasteiger partial charge on any atom is 0.0730 e. The third-order valence-corrected chi connectivity index (χ3v) is 3.59. The van der Waals surface area contributed by atoms with E-state index in [9.17, 15) is 0 Å². The second kappa shape index (κ2) is 5.28. The molecule has 2 N–H and O–H groups in total. The summed E-state index contributed by atoms with van der Waals surface area (Å²) in [5.41, 5.74) is 6.14. The highest BCUT2D eigenvalue weighted by Crippen LogP contribution is 2.24. The zero-order chi connectivity index (χ0) is 10.7. The average Bonchev–Trinajstić information content (AvgIpc) is 2.84. The van der Waals surface area contributed by atoms with Crippen molar-refractivity contribution >= 4 is 0 Å². The van der Waals surface area contributed by atoms with Crippen molar-refractivity contribution in [3.63, 3.8) is 0 Å². The van der Waals surface area contributed by atoms with Gasteiger partial charge in [0.2, 0.25) is 0 Å². The predicted octanol–water partition coefficient (Wildman–Crippen LogP) is 1.84. The fraction of sp³-hybridized carbons (Fsp3) is 1.00. The van der Waals surface area contributed by atoms with Crippen molar-refractivity contribution in [2.75, 3.05) is 6.61 Å². The van der Waals surface area contributed by atoms with Crippen LogP contribution in [0, 0.1) is 0 Å². The Morgan fingerprint density at radius 3 is 2.80 bits per heavy atom. The molecule has 15 heavy (non-hydrogen) atoms. The molecule has 0 saturated carbocycles. The Hall–Kier alpha value is -0.120. The van der Waals surface area contributed by atoms with Crippen molar-refractivity contribution in [2.24, 2.45) is 5.73 Å². The Balaban J connectivity index is 1.65. The predicted molar refractivity (Wildman–Crippen MR) is 59.8 cm³/mol. The van der Waals surface area contributed by atoms with Crippen LogP contribution in [-0.2, 0) is 9.47 Å². The molecule has 2 fully saturated rings. The van der Waals surface area contributed by atoms with Crippen LogP contribution in [0.2, 0.25) is 0 Å². The normalized spacial score (nSPS) is 38.4. The third-order valence-electron chi connectivity index (χ3n) is 3.59. The summed E-state index contributed by atoms with van der Waals surface area (Å²) in [7, 11) is 0. The first-order valence-corrected chi connectivity index (χ1v) is 6.28. The van der Waals surface area contributed by atoms with E-state index in [4.69, 9.17) is 15.2 Å². The number of nitrogens with two attached hydrogens (primary N) is 1. The molecule has 0 amide bonds. The van der Waals surface area contributed by atoms with Crippen molar-refractivity contribution in [3.8, 4) is 0 Å². The van der Waals surface area contributed by atoms with E-state index in [-0.39, 0.29) is 6.04 Å². The number of hydrogen-bond acceptors (Lipinski definition) is 3. The summed E-state index contributed by atoms with van der Waals surface area (Å²) in [6.07, 6.45) is 8.05. The Morgan fingerprint density at radius 1 is 1.33 bits per heavy atom. The van der Waals surface area contributed by atoms with Gasteiger partial charge in [0, 0.05) is 12.6 Å². The van der Waals surface area contributed by atoms with E-state index in [0.29, 0.717) is 18.3 Å². The molecule has 0 aliphatic carbocycles. The summed E-state index contributed by atoms with van der Waals surface area (Å²) >= 11 is 0. The second-order valence-electron chi connectivity index (χ2n) is 4.94. The molecule has 2 heterocycles. The van der Waals surface area contributed by atoms with Crippen molar-refractivity contribution in [1.82, 2.24) is 0 Å². The molecule has 0 aromatic carbocycles. The van der Waals surface area contributed by atoms with Crippen molar-refractivity contribution in [2.45, 2.75) is 69.8 Å². The SMILES string of the molecule is CC1CCC(C(N)CCC2CCCO2)O1. The minimum Gasteiger partial charge on any atom is -0.378 e.